The van der Waals surface area contributed by atoms with Gasteiger partial charge in [-0.05, 0) is 44.0 Å². The van der Waals surface area contributed by atoms with E-state index in [-0.39, 0.29) is 12.6 Å². The molecule has 1 aliphatic heterocycles. The standard InChI is InChI=1S/C13H18BrNO2/c1-9-5-11(14)6-10(13(9)17)7-15-4-2-3-12(15)8-16/h5-6,12,16-17H,2-4,7-8H2,1H3/t12-/m1/s1. The number of likely N-dealkylation sites (tertiary alicyclic amines) is 1. The second-order valence-corrected chi connectivity index (χ2v) is 5.60. The lowest BCUT2D eigenvalue weighted by atomic mass is 10.1. The molecule has 1 heterocycles. The average molecular weight is 300 g/mol. The van der Waals surface area contributed by atoms with E-state index in [9.17, 15) is 10.2 Å². The topological polar surface area (TPSA) is 43.7 Å². The van der Waals surface area contributed by atoms with Crippen molar-refractivity contribution in [3.8, 4) is 5.75 Å². The molecule has 0 unspecified atom stereocenters. The zero-order valence-electron chi connectivity index (χ0n) is 9.99. The number of aryl methyl sites for hydroxylation is 1. The lowest BCUT2D eigenvalue weighted by molar-refractivity contribution is 0.152. The molecule has 1 aliphatic rings. The van der Waals surface area contributed by atoms with Gasteiger partial charge in [0, 0.05) is 22.6 Å². The molecule has 1 atom stereocenters. The van der Waals surface area contributed by atoms with E-state index < -0.39 is 0 Å². The fourth-order valence-electron chi connectivity index (χ4n) is 2.45. The number of hydrogen-bond acceptors (Lipinski definition) is 3. The molecule has 3 nitrogen and oxygen atoms in total. The second-order valence-electron chi connectivity index (χ2n) is 4.68. The van der Waals surface area contributed by atoms with Crippen LogP contribution in [0.1, 0.15) is 24.0 Å². The van der Waals surface area contributed by atoms with Gasteiger partial charge in [-0.3, -0.25) is 4.90 Å². The Kier molecular flexibility index (Phi) is 4.07. The van der Waals surface area contributed by atoms with Gasteiger partial charge in [0.1, 0.15) is 5.75 Å². The lowest BCUT2D eigenvalue weighted by Crippen LogP contribution is -2.31. The first-order chi connectivity index (χ1) is 8.11. The quantitative estimate of drug-likeness (QED) is 0.901. The van der Waals surface area contributed by atoms with E-state index in [4.69, 9.17) is 0 Å². The molecule has 0 amide bonds. The average Bonchev–Trinajstić information content (AvgIpc) is 2.72. The van der Waals surface area contributed by atoms with Gasteiger partial charge in [0.2, 0.25) is 0 Å². The summed E-state index contributed by atoms with van der Waals surface area (Å²) < 4.78 is 0.988. The number of phenolic OH excluding ortho intramolecular Hbond substituents is 1. The van der Waals surface area contributed by atoms with Crippen LogP contribution >= 0.6 is 15.9 Å². The van der Waals surface area contributed by atoms with Gasteiger partial charge in [-0.25, -0.2) is 0 Å². The smallest absolute Gasteiger partial charge is 0.123 e. The summed E-state index contributed by atoms with van der Waals surface area (Å²) in [6, 6.07) is 4.11. The van der Waals surface area contributed by atoms with Gasteiger partial charge in [0.05, 0.1) is 6.61 Å². The van der Waals surface area contributed by atoms with Crippen molar-refractivity contribution in [1.29, 1.82) is 0 Å². The highest BCUT2D eigenvalue weighted by atomic mass is 79.9. The maximum absolute atomic E-state index is 10.0. The number of aromatic hydroxyl groups is 1. The van der Waals surface area contributed by atoms with Gasteiger partial charge >= 0.3 is 0 Å². The first kappa shape index (κ1) is 12.9. The van der Waals surface area contributed by atoms with Gasteiger partial charge in [-0.2, -0.15) is 0 Å². The van der Waals surface area contributed by atoms with Crippen molar-refractivity contribution in [3.05, 3.63) is 27.7 Å². The third-order valence-electron chi connectivity index (χ3n) is 3.43. The van der Waals surface area contributed by atoms with Gasteiger partial charge < -0.3 is 10.2 Å². The first-order valence-corrected chi connectivity index (χ1v) is 6.74. The zero-order chi connectivity index (χ0) is 12.4. The Morgan fingerprint density at radius 2 is 2.24 bits per heavy atom. The predicted molar refractivity (Wildman–Crippen MR) is 71.1 cm³/mol. The lowest BCUT2D eigenvalue weighted by Gasteiger charge is -2.23. The Bertz CT molecular complexity index is 409. The predicted octanol–water partition coefficient (Wildman–Crippen LogP) is 2.42. The molecule has 0 radical (unpaired) electrons. The van der Waals surface area contributed by atoms with Crippen LogP contribution < -0.4 is 0 Å². The Balaban J connectivity index is 2.18. The fourth-order valence-corrected chi connectivity index (χ4v) is 3.07. The molecule has 4 heteroatoms. The van der Waals surface area contributed by atoms with E-state index in [0.29, 0.717) is 12.3 Å². The Morgan fingerprint density at radius 3 is 2.94 bits per heavy atom. The van der Waals surface area contributed by atoms with Crippen LogP contribution in [0.5, 0.6) is 5.75 Å². The Morgan fingerprint density at radius 1 is 1.47 bits per heavy atom. The van der Waals surface area contributed by atoms with E-state index in [2.05, 4.69) is 20.8 Å². The van der Waals surface area contributed by atoms with E-state index in [1.165, 1.54) is 0 Å². The summed E-state index contributed by atoms with van der Waals surface area (Å²) in [7, 11) is 0. The minimum atomic E-state index is 0.202. The highest BCUT2D eigenvalue weighted by Gasteiger charge is 2.24. The van der Waals surface area contributed by atoms with E-state index >= 15 is 0 Å². The monoisotopic (exact) mass is 299 g/mol. The van der Waals surface area contributed by atoms with E-state index in [1.54, 1.807) is 0 Å². The Labute approximate surface area is 110 Å². The zero-order valence-corrected chi connectivity index (χ0v) is 11.6. The molecule has 17 heavy (non-hydrogen) atoms. The summed E-state index contributed by atoms with van der Waals surface area (Å²) in [5, 5.41) is 19.3. The maximum atomic E-state index is 10.0. The molecular weight excluding hydrogens is 282 g/mol. The van der Waals surface area contributed by atoms with Crippen molar-refractivity contribution >= 4 is 15.9 Å². The maximum Gasteiger partial charge on any atom is 0.123 e. The van der Waals surface area contributed by atoms with E-state index in [0.717, 1.165) is 35.0 Å². The number of benzene rings is 1. The van der Waals surface area contributed by atoms with Crippen LogP contribution in [0.4, 0.5) is 0 Å². The molecule has 1 fully saturated rings. The van der Waals surface area contributed by atoms with Crippen molar-refractivity contribution < 1.29 is 10.2 Å². The van der Waals surface area contributed by atoms with Crippen molar-refractivity contribution in [1.82, 2.24) is 4.90 Å². The number of aliphatic hydroxyl groups is 1. The molecule has 0 saturated carbocycles. The number of nitrogens with zero attached hydrogens (tertiary/aromatic N) is 1. The summed E-state index contributed by atoms with van der Waals surface area (Å²) in [5.74, 6) is 0.372. The van der Waals surface area contributed by atoms with Crippen LogP contribution in [-0.4, -0.2) is 34.3 Å². The van der Waals surface area contributed by atoms with Crippen LogP contribution in [-0.2, 0) is 6.54 Å². The summed E-state index contributed by atoms with van der Waals surface area (Å²) in [5.41, 5.74) is 1.81. The van der Waals surface area contributed by atoms with Crippen LogP contribution in [0.3, 0.4) is 0 Å². The second kappa shape index (κ2) is 5.38. The minimum Gasteiger partial charge on any atom is -0.507 e. The highest BCUT2D eigenvalue weighted by Crippen LogP contribution is 2.29. The van der Waals surface area contributed by atoms with E-state index in [1.807, 2.05) is 19.1 Å². The minimum absolute atomic E-state index is 0.202. The van der Waals surface area contributed by atoms with Gasteiger partial charge in [0.15, 0.2) is 0 Å². The fraction of sp³-hybridized carbons (Fsp3) is 0.538. The number of rotatable bonds is 3. The van der Waals surface area contributed by atoms with Crippen molar-refractivity contribution in [3.63, 3.8) is 0 Å². The first-order valence-electron chi connectivity index (χ1n) is 5.94. The third kappa shape index (κ3) is 2.81. The third-order valence-corrected chi connectivity index (χ3v) is 3.89. The normalized spacial score (nSPS) is 21.0. The summed E-state index contributed by atoms with van der Waals surface area (Å²) in [6.07, 6.45) is 2.17. The highest BCUT2D eigenvalue weighted by molar-refractivity contribution is 9.10. The summed E-state index contributed by atoms with van der Waals surface area (Å²) in [6.45, 7) is 3.80. The molecule has 94 valence electrons. The molecule has 1 aromatic carbocycles. The summed E-state index contributed by atoms with van der Waals surface area (Å²) in [4.78, 5) is 2.24. The van der Waals surface area contributed by atoms with Crippen LogP contribution in [0, 0.1) is 6.92 Å². The van der Waals surface area contributed by atoms with Gasteiger partial charge in [0.25, 0.3) is 0 Å². The molecule has 0 aromatic heterocycles. The molecular formula is C13H18BrNO2. The van der Waals surface area contributed by atoms with Crippen molar-refractivity contribution in [2.24, 2.45) is 0 Å². The molecule has 0 spiro atoms. The number of phenols is 1. The van der Waals surface area contributed by atoms with Crippen LogP contribution in [0.2, 0.25) is 0 Å². The van der Waals surface area contributed by atoms with Gasteiger partial charge in [-0.1, -0.05) is 15.9 Å². The van der Waals surface area contributed by atoms with Gasteiger partial charge in [-0.15, -0.1) is 0 Å². The number of hydrogen-bond donors (Lipinski definition) is 2. The largest absolute Gasteiger partial charge is 0.507 e. The molecule has 1 saturated heterocycles. The van der Waals surface area contributed by atoms with Crippen LogP contribution in [0.15, 0.2) is 16.6 Å². The van der Waals surface area contributed by atoms with Crippen LogP contribution in [0.25, 0.3) is 0 Å². The molecule has 1 aromatic rings. The number of aliphatic hydroxyl groups excluding tert-OH is 1. The SMILES string of the molecule is Cc1cc(Br)cc(CN2CCC[C@@H]2CO)c1O. The van der Waals surface area contributed by atoms with Crippen molar-refractivity contribution in [2.45, 2.75) is 32.4 Å². The number of halogens is 1. The molecule has 2 rings (SSSR count). The Hall–Kier alpha value is -0.580. The molecule has 0 aliphatic carbocycles. The molecule has 0 bridgehead atoms. The summed E-state index contributed by atoms with van der Waals surface area (Å²) >= 11 is 3.45. The van der Waals surface area contributed by atoms with Crippen molar-refractivity contribution in [2.75, 3.05) is 13.2 Å². The molecule has 2 N–H and O–H groups in total.